The Morgan fingerprint density at radius 1 is 1.62 bits per heavy atom. The van der Waals surface area contributed by atoms with E-state index >= 15 is 0 Å². The van der Waals surface area contributed by atoms with Crippen molar-refractivity contribution in [3.63, 3.8) is 0 Å². The van der Waals surface area contributed by atoms with Gasteiger partial charge >= 0.3 is 11.0 Å². The lowest BCUT2D eigenvalue weighted by molar-refractivity contribution is -0.380. The quantitative estimate of drug-likeness (QED) is 0.644. The second-order valence-electron chi connectivity index (χ2n) is 5.70. The number of hydrogen-bond acceptors (Lipinski definition) is 5. The molecule has 0 aliphatic carbocycles. The first-order valence-electron chi connectivity index (χ1n) is 7.14. The molecule has 2 heterocycles. The molecular weight excluding hydrogens is 292 g/mol. The highest BCUT2D eigenvalue weighted by molar-refractivity contribution is 7.13. The third-order valence-electron chi connectivity index (χ3n) is 4.06. The van der Waals surface area contributed by atoms with E-state index in [-0.39, 0.29) is 9.92 Å². The molecule has 1 aromatic rings. The molecule has 6 nitrogen and oxygen atoms in total. The maximum absolute atomic E-state index is 11.6. The van der Waals surface area contributed by atoms with Crippen LogP contribution in [-0.4, -0.2) is 34.0 Å². The molecule has 1 atom stereocenters. The number of aliphatic carboxylic acids is 1. The van der Waals surface area contributed by atoms with Crippen LogP contribution in [0.25, 0.3) is 0 Å². The van der Waals surface area contributed by atoms with Gasteiger partial charge in [0.2, 0.25) is 0 Å². The van der Waals surface area contributed by atoms with Gasteiger partial charge in [-0.3, -0.25) is 19.8 Å². The number of thiophene rings is 1. The molecule has 0 radical (unpaired) electrons. The van der Waals surface area contributed by atoms with E-state index in [2.05, 4.69) is 4.90 Å². The van der Waals surface area contributed by atoms with Crippen molar-refractivity contribution in [2.24, 2.45) is 5.41 Å². The molecule has 1 aliphatic rings. The standard InChI is InChI=1S/C14H20N2O4S/c1-2-4-14(13(17)18)5-3-6-15(10-14)8-11-7-12(16(19)20)21-9-11/h7,9H,2-6,8,10H2,1H3,(H,17,18). The van der Waals surface area contributed by atoms with Gasteiger partial charge in [-0.2, -0.15) is 0 Å². The summed E-state index contributed by atoms with van der Waals surface area (Å²) >= 11 is 1.12. The fourth-order valence-electron chi connectivity index (χ4n) is 3.13. The van der Waals surface area contributed by atoms with Gasteiger partial charge in [0.05, 0.1) is 10.3 Å². The van der Waals surface area contributed by atoms with E-state index in [1.165, 1.54) is 0 Å². The van der Waals surface area contributed by atoms with Gasteiger partial charge in [-0.25, -0.2) is 0 Å². The fourth-order valence-corrected chi connectivity index (χ4v) is 3.85. The summed E-state index contributed by atoms with van der Waals surface area (Å²) < 4.78 is 0. The predicted octanol–water partition coefficient (Wildman–Crippen LogP) is 3.12. The van der Waals surface area contributed by atoms with E-state index in [0.717, 1.165) is 42.7 Å². The van der Waals surface area contributed by atoms with E-state index in [0.29, 0.717) is 19.5 Å². The molecule has 0 amide bonds. The van der Waals surface area contributed by atoms with Crippen molar-refractivity contribution in [1.82, 2.24) is 4.90 Å². The summed E-state index contributed by atoms with van der Waals surface area (Å²) in [5.74, 6) is -0.717. The van der Waals surface area contributed by atoms with Gasteiger partial charge in [0.1, 0.15) is 0 Å². The van der Waals surface area contributed by atoms with Crippen molar-refractivity contribution in [2.45, 2.75) is 39.2 Å². The molecule has 21 heavy (non-hydrogen) atoms. The highest BCUT2D eigenvalue weighted by atomic mass is 32.1. The number of rotatable bonds is 6. The fraction of sp³-hybridized carbons (Fsp3) is 0.643. The Kier molecular flexibility index (Phi) is 4.95. The second-order valence-corrected chi connectivity index (χ2v) is 6.59. The number of hydrogen-bond donors (Lipinski definition) is 1. The summed E-state index contributed by atoms with van der Waals surface area (Å²) in [5, 5.41) is 22.2. The number of carboxylic acids is 1. The highest BCUT2D eigenvalue weighted by Gasteiger charge is 2.41. The summed E-state index contributed by atoms with van der Waals surface area (Å²) in [5.41, 5.74) is 0.235. The smallest absolute Gasteiger partial charge is 0.324 e. The molecule has 0 spiro atoms. The van der Waals surface area contributed by atoms with Crippen LogP contribution in [-0.2, 0) is 11.3 Å². The van der Waals surface area contributed by atoms with Crippen molar-refractivity contribution in [3.8, 4) is 0 Å². The first-order valence-corrected chi connectivity index (χ1v) is 8.02. The molecule has 1 fully saturated rings. The first-order chi connectivity index (χ1) is 9.97. The van der Waals surface area contributed by atoms with Crippen molar-refractivity contribution < 1.29 is 14.8 Å². The van der Waals surface area contributed by atoms with Crippen molar-refractivity contribution in [2.75, 3.05) is 13.1 Å². The van der Waals surface area contributed by atoms with Gasteiger partial charge in [-0.1, -0.05) is 24.7 Å². The van der Waals surface area contributed by atoms with Crippen LogP contribution in [0.4, 0.5) is 5.00 Å². The second kappa shape index (κ2) is 6.53. The van der Waals surface area contributed by atoms with Gasteiger partial charge in [-0.05, 0) is 31.4 Å². The molecule has 1 unspecified atom stereocenters. The Bertz CT molecular complexity index is 527. The minimum absolute atomic E-state index is 0.139. The molecule has 116 valence electrons. The Hall–Kier alpha value is -1.47. The third-order valence-corrected chi connectivity index (χ3v) is 4.99. The maximum Gasteiger partial charge on any atom is 0.324 e. The van der Waals surface area contributed by atoms with E-state index in [4.69, 9.17) is 0 Å². The Labute approximate surface area is 127 Å². The monoisotopic (exact) mass is 312 g/mol. The SMILES string of the molecule is CCCC1(C(=O)O)CCCN(Cc2csc([N+](=O)[O-])c2)C1. The van der Waals surface area contributed by atoms with Crippen molar-refractivity contribution >= 4 is 22.3 Å². The first kappa shape index (κ1) is 15.9. The van der Waals surface area contributed by atoms with Gasteiger partial charge < -0.3 is 5.11 Å². The number of piperidine rings is 1. The molecule has 0 bridgehead atoms. The molecular formula is C14H20N2O4S. The minimum atomic E-state index is -0.717. The van der Waals surface area contributed by atoms with E-state index < -0.39 is 11.4 Å². The van der Waals surface area contributed by atoms with Crippen LogP contribution in [0, 0.1) is 15.5 Å². The zero-order chi connectivity index (χ0) is 15.5. The lowest BCUT2D eigenvalue weighted by Crippen LogP contribution is -2.47. The Balaban J connectivity index is 2.06. The number of carbonyl (C=O) groups is 1. The highest BCUT2D eigenvalue weighted by Crippen LogP contribution is 2.36. The molecule has 1 saturated heterocycles. The molecule has 7 heteroatoms. The van der Waals surface area contributed by atoms with Crippen molar-refractivity contribution in [1.29, 1.82) is 0 Å². The van der Waals surface area contributed by atoms with Gasteiger partial charge in [0, 0.05) is 24.5 Å². The average Bonchev–Trinajstić information content (AvgIpc) is 2.88. The van der Waals surface area contributed by atoms with Gasteiger partial charge in [0.25, 0.3) is 0 Å². The molecule has 1 N–H and O–H groups in total. The summed E-state index contributed by atoms with van der Waals surface area (Å²) in [7, 11) is 0. The van der Waals surface area contributed by atoms with Gasteiger partial charge in [0.15, 0.2) is 0 Å². The predicted molar refractivity (Wildman–Crippen MR) is 80.5 cm³/mol. The normalized spacial score (nSPS) is 23.1. The summed E-state index contributed by atoms with van der Waals surface area (Å²) in [4.78, 5) is 24.1. The van der Waals surface area contributed by atoms with E-state index in [1.54, 1.807) is 11.4 Å². The number of carboxylic acid groups (broad SMARTS) is 1. The molecule has 0 aromatic carbocycles. The zero-order valence-corrected chi connectivity index (χ0v) is 12.9. The molecule has 1 aromatic heterocycles. The molecule has 0 saturated carbocycles. The van der Waals surface area contributed by atoms with Gasteiger partial charge in [-0.15, -0.1) is 0 Å². The number of nitro groups is 1. The van der Waals surface area contributed by atoms with Crippen LogP contribution >= 0.6 is 11.3 Å². The topological polar surface area (TPSA) is 83.7 Å². The molecule has 1 aliphatic heterocycles. The van der Waals surface area contributed by atoms with E-state index in [1.807, 2.05) is 6.92 Å². The molecule has 2 rings (SSSR count). The number of likely N-dealkylation sites (tertiary alicyclic amines) is 1. The van der Waals surface area contributed by atoms with Crippen LogP contribution in [0.2, 0.25) is 0 Å². The Morgan fingerprint density at radius 3 is 2.95 bits per heavy atom. The van der Waals surface area contributed by atoms with Crippen molar-refractivity contribution in [3.05, 3.63) is 27.1 Å². The summed E-state index contributed by atoms with van der Waals surface area (Å²) in [6, 6.07) is 1.58. The van der Waals surface area contributed by atoms with Crippen LogP contribution < -0.4 is 0 Å². The third kappa shape index (κ3) is 3.59. The van der Waals surface area contributed by atoms with Crippen LogP contribution in [0.3, 0.4) is 0 Å². The zero-order valence-electron chi connectivity index (χ0n) is 12.1. The van der Waals surface area contributed by atoms with Crippen LogP contribution in [0.15, 0.2) is 11.4 Å². The van der Waals surface area contributed by atoms with Crippen LogP contribution in [0.1, 0.15) is 38.2 Å². The summed E-state index contributed by atoms with van der Waals surface area (Å²) in [6.45, 7) is 3.97. The van der Waals surface area contributed by atoms with E-state index in [9.17, 15) is 20.0 Å². The Morgan fingerprint density at radius 2 is 2.38 bits per heavy atom. The lowest BCUT2D eigenvalue weighted by Gasteiger charge is -2.39. The average molecular weight is 312 g/mol. The minimum Gasteiger partial charge on any atom is -0.481 e. The lowest BCUT2D eigenvalue weighted by atomic mass is 9.76. The number of nitrogens with zero attached hydrogens (tertiary/aromatic N) is 2. The largest absolute Gasteiger partial charge is 0.481 e. The maximum atomic E-state index is 11.6. The van der Waals surface area contributed by atoms with Crippen LogP contribution in [0.5, 0.6) is 0 Å². The summed E-state index contributed by atoms with van der Waals surface area (Å²) in [6.07, 6.45) is 3.11.